The van der Waals surface area contributed by atoms with Crippen LogP contribution in [0, 0.1) is 0 Å². The zero-order chi connectivity index (χ0) is 16.9. The predicted octanol–water partition coefficient (Wildman–Crippen LogP) is 3.32. The van der Waals surface area contributed by atoms with E-state index < -0.39 is 23.7 Å². The first-order chi connectivity index (χ1) is 10.1. The Morgan fingerprint density at radius 3 is 2.36 bits per heavy atom. The fourth-order valence-electron chi connectivity index (χ4n) is 1.33. The third-order valence-electron chi connectivity index (χ3n) is 2.25. The number of hydrogen-bond acceptors (Lipinski definition) is 4. The van der Waals surface area contributed by atoms with Gasteiger partial charge in [-0.2, -0.15) is 0 Å². The van der Waals surface area contributed by atoms with Crippen molar-refractivity contribution in [2.24, 2.45) is 0 Å². The minimum atomic E-state index is -0.881. The summed E-state index contributed by atoms with van der Waals surface area (Å²) in [6.45, 7) is 6.64. The molecule has 8 heteroatoms. The maximum absolute atomic E-state index is 11.8. The van der Waals surface area contributed by atoms with Gasteiger partial charge in [-0.1, -0.05) is 23.2 Å². The van der Waals surface area contributed by atoms with E-state index in [0.29, 0.717) is 10.8 Å². The van der Waals surface area contributed by atoms with Crippen molar-refractivity contribution in [3.63, 3.8) is 0 Å². The maximum Gasteiger partial charge on any atom is 0.426 e. The number of amides is 2. The van der Waals surface area contributed by atoms with E-state index in [1.807, 2.05) is 0 Å². The van der Waals surface area contributed by atoms with Gasteiger partial charge >= 0.3 is 6.09 Å². The Morgan fingerprint density at radius 1 is 1.18 bits per heavy atom. The van der Waals surface area contributed by atoms with Gasteiger partial charge in [-0.3, -0.25) is 10.2 Å². The summed E-state index contributed by atoms with van der Waals surface area (Å²) < 4.78 is 10.4. The van der Waals surface area contributed by atoms with Crippen LogP contribution in [0.5, 0.6) is 5.75 Å². The van der Waals surface area contributed by atoms with Gasteiger partial charge in [-0.25, -0.2) is 10.2 Å². The van der Waals surface area contributed by atoms with Crippen LogP contribution in [0.15, 0.2) is 18.2 Å². The molecule has 0 aliphatic rings. The number of benzene rings is 1. The molecule has 1 aromatic carbocycles. The van der Waals surface area contributed by atoms with Crippen LogP contribution in [-0.4, -0.2) is 23.7 Å². The van der Waals surface area contributed by atoms with Crippen LogP contribution in [0.3, 0.4) is 0 Å². The van der Waals surface area contributed by atoms with Crippen molar-refractivity contribution in [1.82, 2.24) is 10.9 Å². The molecule has 0 aromatic heterocycles. The first kappa shape index (κ1) is 18.4. The topological polar surface area (TPSA) is 76.7 Å². The van der Waals surface area contributed by atoms with Crippen LogP contribution >= 0.6 is 23.2 Å². The zero-order valence-corrected chi connectivity index (χ0v) is 14.2. The van der Waals surface area contributed by atoms with E-state index >= 15 is 0 Å². The number of carbonyl (C=O) groups is 2. The summed E-state index contributed by atoms with van der Waals surface area (Å²) in [6, 6.07) is 4.64. The van der Waals surface area contributed by atoms with E-state index in [1.165, 1.54) is 13.0 Å². The molecule has 0 unspecified atom stereocenters. The molecule has 0 fully saturated rings. The Kier molecular flexibility index (Phi) is 6.32. The fourth-order valence-corrected chi connectivity index (χ4v) is 1.79. The molecule has 2 N–H and O–H groups in total. The predicted molar refractivity (Wildman–Crippen MR) is 84.1 cm³/mol. The number of rotatable bonds is 3. The molecule has 0 saturated carbocycles. The Morgan fingerprint density at radius 2 is 1.82 bits per heavy atom. The summed E-state index contributed by atoms with van der Waals surface area (Å²) in [7, 11) is 0. The lowest BCUT2D eigenvalue weighted by atomic mass is 10.2. The largest absolute Gasteiger partial charge is 0.479 e. The van der Waals surface area contributed by atoms with Gasteiger partial charge < -0.3 is 9.47 Å². The Bertz CT molecular complexity index is 558. The normalized spacial score (nSPS) is 12.3. The van der Waals surface area contributed by atoms with Gasteiger partial charge in [0.2, 0.25) is 0 Å². The Labute approximate surface area is 139 Å². The molecule has 0 aliphatic carbocycles. The standard InChI is InChI=1S/C14H18Cl2N2O4/c1-8(21-11-6-5-9(15)7-10(11)16)12(19)17-18-13(20)22-14(2,3)4/h5-8H,1-4H3,(H,17,19)(H,18,20)/t8-/m0/s1. The second kappa shape index (κ2) is 7.56. The monoisotopic (exact) mass is 348 g/mol. The van der Waals surface area contributed by atoms with Crippen molar-refractivity contribution in [2.45, 2.75) is 39.4 Å². The summed E-state index contributed by atoms with van der Waals surface area (Å²) in [6.07, 6.45) is -1.65. The average Bonchev–Trinajstić information content (AvgIpc) is 2.37. The highest BCUT2D eigenvalue weighted by Gasteiger charge is 2.19. The smallest absolute Gasteiger partial charge is 0.426 e. The van der Waals surface area contributed by atoms with Crippen LogP contribution in [0.2, 0.25) is 10.0 Å². The third-order valence-corrected chi connectivity index (χ3v) is 2.78. The van der Waals surface area contributed by atoms with Gasteiger partial charge in [-0.05, 0) is 45.9 Å². The summed E-state index contributed by atoms with van der Waals surface area (Å²) in [5.74, 6) is -0.247. The van der Waals surface area contributed by atoms with E-state index in [2.05, 4.69) is 10.9 Å². The molecule has 1 aromatic rings. The minimum Gasteiger partial charge on any atom is -0.479 e. The number of nitrogens with one attached hydrogen (secondary N) is 2. The number of hydrogen-bond donors (Lipinski definition) is 2. The average molecular weight is 349 g/mol. The van der Waals surface area contributed by atoms with Crippen molar-refractivity contribution in [2.75, 3.05) is 0 Å². The van der Waals surface area contributed by atoms with E-state index in [0.717, 1.165) is 0 Å². The van der Waals surface area contributed by atoms with Crippen LogP contribution in [0.4, 0.5) is 4.79 Å². The maximum atomic E-state index is 11.8. The SMILES string of the molecule is C[C@H](Oc1ccc(Cl)cc1Cl)C(=O)NNC(=O)OC(C)(C)C. The summed E-state index contributed by atoms with van der Waals surface area (Å²) >= 11 is 11.7. The van der Waals surface area contributed by atoms with Gasteiger partial charge in [0.25, 0.3) is 5.91 Å². The molecule has 122 valence electrons. The first-order valence-corrected chi connectivity index (χ1v) is 7.24. The molecule has 0 spiro atoms. The number of carbonyl (C=O) groups excluding carboxylic acids is 2. The van der Waals surface area contributed by atoms with E-state index in [1.54, 1.807) is 32.9 Å². The molecule has 2 amide bonds. The highest BCUT2D eigenvalue weighted by molar-refractivity contribution is 6.35. The molecule has 0 heterocycles. The number of halogens is 2. The van der Waals surface area contributed by atoms with Gasteiger partial charge in [0.05, 0.1) is 5.02 Å². The van der Waals surface area contributed by atoms with Crippen LogP contribution in [-0.2, 0) is 9.53 Å². The van der Waals surface area contributed by atoms with Gasteiger partial charge in [0.1, 0.15) is 11.4 Å². The molecule has 0 radical (unpaired) electrons. The molecule has 1 atom stereocenters. The van der Waals surface area contributed by atoms with Crippen LogP contribution < -0.4 is 15.6 Å². The molecular weight excluding hydrogens is 331 g/mol. The summed E-state index contributed by atoms with van der Waals surface area (Å²) in [4.78, 5) is 23.2. The van der Waals surface area contributed by atoms with Gasteiger partial charge in [-0.15, -0.1) is 0 Å². The van der Waals surface area contributed by atoms with Crippen molar-refractivity contribution in [3.8, 4) is 5.75 Å². The Balaban J connectivity index is 2.50. The third kappa shape index (κ3) is 6.41. The lowest BCUT2D eigenvalue weighted by molar-refractivity contribution is -0.128. The van der Waals surface area contributed by atoms with Gasteiger partial charge in [0.15, 0.2) is 6.10 Å². The van der Waals surface area contributed by atoms with Crippen molar-refractivity contribution >= 4 is 35.2 Å². The van der Waals surface area contributed by atoms with E-state index in [-0.39, 0.29) is 5.02 Å². The van der Waals surface area contributed by atoms with Crippen LogP contribution in [0.25, 0.3) is 0 Å². The van der Waals surface area contributed by atoms with Crippen molar-refractivity contribution in [3.05, 3.63) is 28.2 Å². The zero-order valence-electron chi connectivity index (χ0n) is 12.7. The van der Waals surface area contributed by atoms with E-state index in [4.69, 9.17) is 32.7 Å². The molecule has 6 nitrogen and oxygen atoms in total. The quantitative estimate of drug-likeness (QED) is 0.821. The lowest BCUT2D eigenvalue weighted by Crippen LogP contribution is -2.48. The first-order valence-electron chi connectivity index (χ1n) is 6.49. The van der Waals surface area contributed by atoms with Gasteiger partial charge in [0, 0.05) is 5.02 Å². The van der Waals surface area contributed by atoms with Crippen molar-refractivity contribution < 1.29 is 19.1 Å². The highest BCUT2D eigenvalue weighted by Crippen LogP contribution is 2.28. The second-order valence-electron chi connectivity index (χ2n) is 5.45. The minimum absolute atomic E-state index is 0.284. The summed E-state index contributed by atoms with van der Waals surface area (Å²) in [5.41, 5.74) is 3.67. The molecule has 0 aliphatic heterocycles. The molecular formula is C14H18Cl2N2O4. The number of hydrazine groups is 1. The highest BCUT2D eigenvalue weighted by atomic mass is 35.5. The molecule has 22 heavy (non-hydrogen) atoms. The molecule has 0 saturated heterocycles. The Hall–Kier alpha value is -1.66. The fraction of sp³-hybridized carbons (Fsp3) is 0.429. The van der Waals surface area contributed by atoms with Crippen molar-refractivity contribution in [1.29, 1.82) is 0 Å². The summed E-state index contributed by atoms with van der Waals surface area (Å²) in [5, 5.41) is 0.744. The van der Waals surface area contributed by atoms with Crippen LogP contribution in [0.1, 0.15) is 27.7 Å². The number of ether oxygens (including phenoxy) is 2. The van der Waals surface area contributed by atoms with E-state index in [9.17, 15) is 9.59 Å². The lowest BCUT2D eigenvalue weighted by Gasteiger charge is -2.20. The second-order valence-corrected chi connectivity index (χ2v) is 6.29. The molecule has 1 rings (SSSR count). The molecule has 0 bridgehead atoms.